The van der Waals surface area contributed by atoms with Crippen LogP contribution in [0.3, 0.4) is 0 Å². The van der Waals surface area contributed by atoms with Gasteiger partial charge in [-0.3, -0.25) is 18.7 Å². The van der Waals surface area contributed by atoms with Crippen molar-refractivity contribution >= 4 is 16.9 Å². The lowest BCUT2D eigenvalue weighted by Crippen LogP contribution is -2.40. The van der Waals surface area contributed by atoms with Gasteiger partial charge in [0.25, 0.3) is 5.56 Å². The van der Waals surface area contributed by atoms with Gasteiger partial charge in [-0.25, -0.2) is 4.79 Å². The highest BCUT2D eigenvalue weighted by atomic mass is 16.5. The van der Waals surface area contributed by atoms with Crippen molar-refractivity contribution in [3.05, 3.63) is 111 Å². The maximum atomic E-state index is 13.6. The van der Waals surface area contributed by atoms with Gasteiger partial charge in [0.2, 0.25) is 0 Å². The number of nitrogens with zero attached hydrogens (tertiary/aromatic N) is 3. The van der Waals surface area contributed by atoms with Crippen molar-refractivity contribution in [1.29, 1.82) is 0 Å². The van der Waals surface area contributed by atoms with Crippen molar-refractivity contribution < 1.29 is 19.0 Å². The van der Waals surface area contributed by atoms with E-state index in [2.05, 4.69) is 53.4 Å². The van der Waals surface area contributed by atoms with Gasteiger partial charge in [-0.2, -0.15) is 0 Å². The minimum absolute atomic E-state index is 0.0807. The summed E-state index contributed by atoms with van der Waals surface area (Å²) in [5, 5.41) is 0.459. The van der Waals surface area contributed by atoms with E-state index in [0.717, 1.165) is 45.3 Å². The van der Waals surface area contributed by atoms with E-state index in [1.54, 1.807) is 36.8 Å². The Kier molecular flexibility index (Phi) is 12.4. The summed E-state index contributed by atoms with van der Waals surface area (Å²) in [6, 6.07) is 26.2. The van der Waals surface area contributed by atoms with Crippen molar-refractivity contribution in [2.24, 2.45) is 0 Å². The average Bonchev–Trinajstić information content (AvgIpc) is 3.11. The van der Waals surface area contributed by atoms with Gasteiger partial charge >= 0.3 is 11.7 Å². The summed E-state index contributed by atoms with van der Waals surface area (Å²) in [6.45, 7) is 5.76. The van der Waals surface area contributed by atoms with Crippen LogP contribution in [0.2, 0.25) is 0 Å². The van der Waals surface area contributed by atoms with E-state index in [1.807, 2.05) is 12.1 Å². The number of fused-ring (bicyclic) bond motifs is 1. The molecule has 9 heteroatoms. The van der Waals surface area contributed by atoms with Crippen molar-refractivity contribution in [2.75, 3.05) is 33.4 Å². The highest BCUT2D eigenvalue weighted by Crippen LogP contribution is 2.30. The first kappa shape index (κ1) is 34.1. The molecule has 1 aromatic heterocycles. The van der Waals surface area contributed by atoms with Gasteiger partial charge in [0.15, 0.2) is 0 Å². The van der Waals surface area contributed by atoms with E-state index in [9.17, 15) is 14.4 Å². The van der Waals surface area contributed by atoms with Crippen LogP contribution >= 0.6 is 0 Å². The first-order chi connectivity index (χ1) is 23.0. The average molecular weight is 642 g/mol. The minimum atomic E-state index is -0.330. The number of carbonyl (C=O) groups excluding carboxylic acids is 1. The second-order valence-corrected chi connectivity index (χ2v) is 12.1. The first-order valence-electron chi connectivity index (χ1n) is 16.9. The third kappa shape index (κ3) is 8.99. The molecule has 3 aromatic carbocycles. The fraction of sp³-hybridized carbons (Fsp3) is 0.447. The zero-order valence-corrected chi connectivity index (χ0v) is 27.6. The lowest BCUT2D eigenvalue weighted by atomic mass is 10.00. The zero-order valence-electron chi connectivity index (χ0n) is 27.6. The van der Waals surface area contributed by atoms with Gasteiger partial charge < -0.3 is 19.1 Å². The number of ether oxygens (including phenoxy) is 3. The lowest BCUT2D eigenvalue weighted by Gasteiger charge is -2.34. The van der Waals surface area contributed by atoms with Crippen molar-refractivity contribution in [1.82, 2.24) is 14.0 Å². The molecule has 5 rings (SSSR count). The van der Waals surface area contributed by atoms with Gasteiger partial charge in [-0.1, -0.05) is 60.7 Å². The Morgan fingerprint density at radius 3 is 2.06 bits per heavy atom. The van der Waals surface area contributed by atoms with Crippen LogP contribution < -0.4 is 16.0 Å². The van der Waals surface area contributed by atoms with E-state index in [0.29, 0.717) is 42.6 Å². The standard InChI is InChI=1S/C38H47N3O6/c1-3-46-35(42)18-10-11-25-41-37(43)33-28-32(45-2)19-20-34(33)40(38(41)44)24-13-12-23-39-26-21-31(22-27-39)47-36(29-14-6-4-7-15-29)30-16-8-5-9-17-30/h4-9,14-17,19-20,28,31,36H,3,10-13,18,21-27H2,1-2H3. The lowest BCUT2D eigenvalue weighted by molar-refractivity contribution is -0.143. The van der Waals surface area contributed by atoms with Crippen LogP contribution in [-0.2, 0) is 27.4 Å². The van der Waals surface area contributed by atoms with Gasteiger partial charge in [-0.05, 0) is 81.3 Å². The van der Waals surface area contributed by atoms with Crippen LogP contribution in [0.5, 0.6) is 5.75 Å². The Hall–Kier alpha value is -4.21. The van der Waals surface area contributed by atoms with Crippen LogP contribution in [0.1, 0.15) is 69.1 Å². The fourth-order valence-corrected chi connectivity index (χ4v) is 6.39. The maximum Gasteiger partial charge on any atom is 0.331 e. The number of unbranched alkanes of at least 4 members (excludes halogenated alkanes) is 2. The highest BCUT2D eigenvalue weighted by molar-refractivity contribution is 5.79. The van der Waals surface area contributed by atoms with Crippen LogP contribution in [0.15, 0.2) is 88.5 Å². The predicted molar refractivity (Wildman–Crippen MR) is 184 cm³/mol. The van der Waals surface area contributed by atoms with Gasteiger partial charge in [0.05, 0.1) is 30.7 Å². The van der Waals surface area contributed by atoms with Gasteiger partial charge in [-0.15, -0.1) is 0 Å². The molecule has 0 amide bonds. The van der Waals surface area contributed by atoms with E-state index in [4.69, 9.17) is 14.2 Å². The fourth-order valence-electron chi connectivity index (χ4n) is 6.39. The number of likely N-dealkylation sites (tertiary alicyclic amines) is 1. The zero-order chi connectivity index (χ0) is 33.0. The number of hydrogen-bond donors (Lipinski definition) is 0. The maximum absolute atomic E-state index is 13.6. The van der Waals surface area contributed by atoms with E-state index < -0.39 is 0 Å². The summed E-state index contributed by atoms with van der Waals surface area (Å²) in [5.74, 6) is 0.306. The minimum Gasteiger partial charge on any atom is -0.497 e. The Bertz CT molecular complexity index is 1650. The molecule has 9 nitrogen and oxygen atoms in total. The van der Waals surface area contributed by atoms with Crippen LogP contribution in [0, 0.1) is 0 Å². The summed E-state index contributed by atoms with van der Waals surface area (Å²) in [6.07, 6.45) is 5.14. The summed E-state index contributed by atoms with van der Waals surface area (Å²) in [7, 11) is 1.56. The molecule has 0 atom stereocenters. The molecule has 0 spiro atoms. The highest BCUT2D eigenvalue weighted by Gasteiger charge is 2.24. The second-order valence-electron chi connectivity index (χ2n) is 12.1. The summed E-state index contributed by atoms with van der Waals surface area (Å²) >= 11 is 0. The number of aryl methyl sites for hydroxylation is 1. The van der Waals surface area contributed by atoms with Crippen molar-refractivity contribution in [3.63, 3.8) is 0 Å². The van der Waals surface area contributed by atoms with E-state index in [1.165, 1.54) is 15.7 Å². The molecule has 1 saturated heterocycles. The molecular formula is C38H47N3O6. The molecule has 0 bridgehead atoms. The van der Waals surface area contributed by atoms with Crippen LogP contribution in [0.25, 0.3) is 10.9 Å². The molecule has 1 fully saturated rings. The summed E-state index contributed by atoms with van der Waals surface area (Å²) in [5.41, 5.74) is 2.32. The molecule has 0 saturated carbocycles. The van der Waals surface area contributed by atoms with Gasteiger partial charge in [0, 0.05) is 32.6 Å². The summed E-state index contributed by atoms with van der Waals surface area (Å²) < 4.78 is 20.1. The molecule has 0 unspecified atom stereocenters. The molecule has 0 N–H and O–H groups in total. The number of aromatic nitrogens is 2. The number of hydrogen-bond acceptors (Lipinski definition) is 7. The molecule has 0 aliphatic carbocycles. The largest absolute Gasteiger partial charge is 0.497 e. The predicted octanol–water partition coefficient (Wildman–Crippen LogP) is 5.96. The van der Waals surface area contributed by atoms with Crippen molar-refractivity contribution in [3.8, 4) is 5.75 Å². The van der Waals surface area contributed by atoms with Gasteiger partial charge in [0.1, 0.15) is 11.9 Å². The Morgan fingerprint density at radius 1 is 0.809 bits per heavy atom. The van der Waals surface area contributed by atoms with E-state index in [-0.39, 0.29) is 42.4 Å². The number of esters is 1. The molecule has 47 heavy (non-hydrogen) atoms. The Labute approximate surface area is 276 Å². The molecule has 1 aliphatic heterocycles. The first-order valence-corrected chi connectivity index (χ1v) is 16.9. The monoisotopic (exact) mass is 641 g/mol. The molecular weight excluding hydrogens is 594 g/mol. The number of benzene rings is 3. The third-order valence-corrected chi connectivity index (χ3v) is 8.92. The Balaban J connectivity index is 1.17. The molecule has 1 aliphatic rings. The second kappa shape index (κ2) is 17.1. The molecule has 2 heterocycles. The number of rotatable bonds is 16. The topological polar surface area (TPSA) is 92.0 Å². The Morgan fingerprint density at radius 2 is 1.43 bits per heavy atom. The molecule has 250 valence electrons. The third-order valence-electron chi connectivity index (χ3n) is 8.92. The van der Waals surface area contributed by atoms with Crippen LogP contribution in [-0.4, -0.2) is 59.5 Å². The normalized spacial score (nSPS) is 14.1. The van der Waals surface area contributed by atoms with E-state index >= 15 is 0 Å². The van der Waals surface area contributed by atoms with Crippen LogP contribution in [0.4, 0.5) is 0 Å². The molecule has 0 radical (unpaired) electrons. The number of carbonyl (C=O) groups is 1. The number of piperidine rings is 1. The number of methoxy groups -OCH3 is 1. The molecule has 4 aromatic rings. The summed E-state index contributed by atoms with van der Waals surface area (Å²) in [4.78, 5) is 41.2. The SMILES string of the molecule is CCOC(=O)CCCCn1c(=O)c2cc(OC)ccc2n(CCCCN2CCC(OC(c3ccccc3)c3ccccc3)CC2)c1=O. The quantitative estimate of drug-likeness (QED) is 0.110. The van der Waals surface area contributed by atoms with Crippen molar-refractivity contribution in [2.45, 2.75) is 77.2 Å². The smallest absolute Gasteiger partial charge is 0.331 e.